The maximum atomic E-state index is 13.3. The highest BCUT2D eigenvalue weighted by molar-refractivity contribution is 6.06. The third-order valence-electron chi connectivity index (χ3n) is 7.24. The molecule has 1 amide bonds. The number of nitrogen functional groups attached to an aromatic ring is 1. The number of nitrogens with one attached hydrogen (secondary N) is 1. The second-order valence-corrected chi connectivity index (χ2v) is 9.88. The molecular formula is C30H30F3N5O2. The molecule has 0 unspecified atom stereocenters. The van der Waals surface area contributed by atoms with Gasteiger partial charge in [0.15, 0.2) is 0 Å². The number of aryl methyl sites for hydroxylation is 1. The van der Waals surface area contributed by atoms with Crippen molar-refractivity contribution < 1.29 is 22.7 Å². The van der Waals surface area contributed by atoms with E-state index in [1.54, 1.807) is 12.1 Å². The van der Waals surface area contributed by atoms with E-state index in [1.165, 1.54) is 12.1 Å². The first-order valence-corrected chi connectivity index (χ1v) is 13.0. The molecule has 0 spiro atoms. The fourth-order valence-electron chi connectivity index (χ4n) is 4.93. The van der Waals surface area contributed by atoms with Crippen LogP contribution in [0.3, 0.4) is 0 Å². The number of nitrogens with two attached hydrogens (primary N) is 1. The van der Waals surface area contributed by atoms with Gasteiger partial charge in [0, 0.05) is 66.4 Å². The Bertz CT molecular complexity index is 1530. The number of ether oxygens (including phenoxy) is 1. The summed E-state index contributed by atoms with van der Waals surface area (Å²) in [6, 6.07) is 19.0. The van der Waals surface area contributed by atoms with Gasteiger partial charge in [-0.05, 0) is 73.5 Å². The van der Waals surface area contributed by atoms with Gasteiger partial charge in [0.05, 0.1) is 5.52 Å². The highest BCUT2D eigenvalue weighted by atomic mass is 19.4. The number of halogens is 3. The molecule has 10 heteroatoms. The van der Waals surface area contributed by atoms with Crippen LogP contribution in [-0.2, 0) is 6.54 Å². The number of benzene rings is 3. The van der Waals surface area contributed by atoms with Gasteiger partial charge in [0.2, 0.25) is 0 Å². The minimum absolute atomic E-state index is 0.204. The van der Waals surface area contributed by atoms with Gasteiger partial charge < -0.3 is 20.7 Å². The molecule has 0 saturated carbocycles. The highest BCUT2D eigenvalue weighted by Crippen LogP contribution is 2.29. The molecule has 0 radical (unpaired) electrons. The summed E-state index contributed by atoms with van der Waals surface area (Å²) in [6.45, 7) is 7.36. The van der Waals surface area contributed by atoms with Crippen LogP contribution in [0.1, 0.15) is 27.2 Å². The summed E-state index contributed by atoms with van der Waals surface area (Å²) in [4.78, 5) is 22.3. The van der Waals surface area contributed by atoms with Gasteiger partial charge in [0.1, 0.15) is 5.75 Å². The number of alkyl halides is 3. The van der Waals surface area contributed by atoms with Crippen molar-refractivity contribution in [2.24, 2.45) is 0 Å². The van der Waals surface area contributed by atoms with Gasteiger partial charge in [-0.15, -0.1) is 13.2 Å². The quantitative estimate of drug-likeness (QED) is 0.311. The monoisotopic (exact) mass is 549 g/mol. The van der Waals surface area contributed by atoms with Crippen LogP contribution < -0.4 is 20.7 Å². The number of aromatic nitrogens is 1. The topological polar surface area (TPSA) is 83.7 Å². The highest BCUT2D eigenvalue weighted by Gasteiger charge is 2.31. The minimum Gasteiger partial charge on any atom is -0.406 e. The van der Waals surface area contributed by atoms with Gasteiger partial charge in [-0.25, -0.2) is 0 Å². The molecule has 1 aliphatic rings. The first-order valence-electron chi connectivity index (χ1n) is 13.0. The molecule has 4 aromatic rings. The third kappa shape index (κ3) is 6.12. The Kier molecular flexibility index (Phi) is 7.53. The largest absolute Gasteiger partial charge is 0.573 e. The summed E-state index contributed by atoms with van der Waals surface area (Å²) in [5, 5.41) is 3.81. The predicted octanol–water partition coefficient (Wildman–Crippen LogP) is 5.91. The maximum absolute atomic E-state index is 13.3. The lowest BCUT2D eigenvalue weighted by molar-refractivity contribution is -0.274. The summed E-state index contributed by atoms with van der Waals surface area (Å²) in [5.74, 6) is -0.441. The molecule has 40 heavy (non-hydrogen) atoms. The van der Waals surface area contributed by atoms with Crippen molar-refractivity contribution in [3.63, 3.8) is 0 Å². The Hall–Kier alpha value is -4.31. The number of anilines is 3. The summed E-state index contributed by atoms with van der Waals surface area (Å²) in [6.07, 6.45) is -4.71. The normalized spacial score (nSPS) is 14.4. The fraction of sp³-hybridized carbons (Fsp3) is 0.267. The van der Waals surface area contributed by atoms with Crippen molar-refractivity contribution in [1.29, 1.82) is 0 Å². The zero-order valence-electron chi connectivity index (χ0n) is 22.3. The van der Waals surface area contributed by atoms with Crippen LogP contribution in [0.15, 0.2) is 66.7 Å². The number of piperazine rings is 1. The van der Waals surface area contributed by atoms with Crippen molar-refractivity contribution in [3.05, 3.63) is 89.1 Å². The average molecular weight is 550 g/mol. The molecule has 3 aromatic carbocycles. The molecule has 0 atom stereocenters. The number of pyridine rings is 1. The number of hydrogen-bond acceptors (Lipinski definition) is 6. The number of nitrogens with zero attached hydrogens (tertiary/aromatic N) is 3. The number of hydrogen-bond donors (Lipinski definition) is 2. The van der Waals surface area contributed by atoms with Crippen LogP contribution >= 0.6 is 0 Å². The van der Waals surface area contributed by atoms with Crippen LogP contribution in [0, 0.1) is 13.8 Å². The Balaban J connectivity index is 1.23. The SMILES string of the molecule is Cc1nc2ccc(NC(=O)c3ccccc3CN3CCN(c4ccc(OC(F)(F)F)cc4)CC3)cc2c(N)c1C. The van der Waals surface area contributed by atoms with E-state index in [2.05, 4.69) is 24.8 Å². The number of carbonyl (C=O) groups excluding carboxylic acids is 1. The van der Waals surface area contributed by atoms with E-state index in [1.807, 2.05) is 56.3 Å². The lowest BCUT2D eigenvalue weighted by Crippen LogP contribution is -2.46. The van der Waals surface area contributed by atoms with E-state index in [0.717, 1.165) is 46.5 Å². The molecule has 1 saturated heterocycles. The molecular weight excluding hydrogens is 519 g/mol. The second kappa shape index (κ2) is 11.1. The average Bonchev–Trinajstić information content (AvgIpc) is 2.92. The number of carbonyl (C=O) groups is 1. The first kappa shape index (κ1) is 27.3. The van der Waals surface area contributed by atoms with Gasteiger partial charge in [-0.1, -0.05) is 18.2 Å². The lowest BCUT2D eigenvalue weighted by Gasteiger charge is -2.36. The number of amides is 1. The van der Waals surface area contributed by atoms with Crippen molar-refractivity contribution >= 4 is 33.9 Å². The van der Waals surface area contributed by atoms with E-state index >= 15 is 0 Å². The van der Waals surface area contributed by atoms with Crippen molar-refractivity contribution in [2.45, 2.75) is 26.8 Å². The van der Waals surface area contributed by atoms with Crippen LogP contribution in [0.25, 0.3) is 10.9 Å². The molecule has 1 aliphatic heterocycles. The zero-order valence-corrected chi connectivity index (χ0v) is 22.3. The maximum Gasteiger partial charge on any atom is 0.573 e. The molecule has 5 rings (SSSR count). The van der Waals surface area contributed by atoms with Gasteiger partial charge in [-0.3, -0.25) is 14.7 Å². The standard InChI is InChI=1S/C30H30F3N5O2/c1-19-20(2)35-27-12-7-22(17-26(27)28(19)34)36-29(39)25-6-4-3-5-21(25)18-37-13-15-38(16-14-37)23-8-10-24(11-9-23)40-30(31,32)33/h3-12,17H,13-16,18H2,1-2H3,(H2,34,35)(H,36,39). The Labute approximate surface area is 230 Å². The predicted molar refractivity (Wildman–Crippen MR) is 151 cm³/mol. The summed E-state index contributed by atoms with van der Waals surface area (Å²) in [7, 11) is 0. The third-order valence-corrected chi connectivity index (χ3v) is 7.24. The van der Waals surface area contributed by atoms with E-state index < -0.39 is 6.36 Å². The Morgan fingerprint density at radius 2 is 1.70 bits per heavy atom. The summed E-state index contributed by atoms with van der Waals surface area (Å²) < 4.78 is 41.3. The molecule has 3 N–H and O–H groups in total. The van der Waals surface area contributed by atoms with Crippen LogP contribution in [0.4, 0.5) is 30.2 Å². The Morgan fingerprint density at radius 3 is 2.40 bits per heavy atom. The smallest absolute Gasteiger partial charge is 0.406 e. The molecule has 1 fully saturated rings. The van der Waals surface area contributed by atoms with E-state index in [-0.39, 0.29) is 11.7 Å². The number of rotatable bonds is 6. The molecule has 7 nitrogen and oxygen atoms in total. The summed E-state index contributed by atoms with van der Waals surface area (Å²) >= 11 is 0. The fourth-order valence-corrected chi connectivity index (χ4v) is 4.93. The van der Waals surface area contributed by atoms with Gasteiger partial charge >= 0.3 is 6.36 Å². The van der Waals surface area contributed by atoms with Crippen molar-refractivity contribution in [3.8, 4) is 5.75 Å². The Morgan fingerprint density at radius 1 is 1.00 bits per heavy atom. The number of fused-ring (bicyclic) bond motifs is 1. The molecule has 2 heterocycles. The molecule has 208 valence electrons. The van der Waals surface area contributed by atoms with Crippen LogP contribution in [-0.4, -0.2) is 48.3 Å². The van der Waals surface area contributed by atoms with Crippen LogP contribution in [0.2, 0.25) is 0 Å². The first-order chi connectivity index (χ1) is 19.1. The molecule has 1 aromatic heterocycles. The van der Waals surface area contributed by atoms with Crippen LogP contribution in [0.5, 0.6) is 5.75 Å². The van der Waals surface area contributed by atoms with Gasteiger partial charge in [-0.2, -0.15) is 0 Å². The van der Waals surface area contributed by atoms with E-state index in [4.69, 9.17) is 5.73 Å². The molecule has 0 bridgehead atoms. The zero-order chi connectivity index (χ0) is 28.4. The lowest BCUT2D eigenvalue weighted by atomic mass is 10.0. The van der Waals surface area contributed by atoms with E-state index in [9.17, 15) is 18.0 Å². The van der Waals surface area contributed by atoms with Crippen molar-refractivity contribution in [2.75, 3.05) is 42.1 Å². The molecule has 0 aliphatic carbocycles. The van der Waals surface area contributed by atoms with Crippen molar-refractivity contribution in [1.82, 2.24) is 9.88 Å². The van der Waals surface area contributed by atoms with Gasteiger partial charge in [0.25, 0.3) is 5.91 Å². The van der Waals surface area contributed by atoms with E-state index in [0.29, 0.717) is 36.6 Å². The minimum atomic E-state index is -4.71. The summed E-state index contributed by atoms with van der Waals surface area (Å²) in [5.41, 5.74) is 12.6. The second-order valence-electron chi connectivity index (χ2n) is 9.88.